The van der Waals surface area contributed by atoms with Crippen molar-refractivity contribution in [1.82, 2.24) is 0 Å². The minimum Gasteiger partial charge on any atom is -0.508 e. The first-order valence-electron chi connectivity index (χ1n) is 5.29. The fourth-order valence-electron chi connectivity index (χ4n) is 2.09. The fourth-order valence-corrected chi connectivity index (χ4v) is 2.09. The van der Waals surface area contributed by atoms with Gasteiger partial charge in [-0.15, -0.1) is 0 Å². The van der Waals surface area contributed by atoms with Crippen LogP contribution >= 0.6 is 0 Å². The molecular formula is C12H13FO3. The smallest absolute Gasteiger partial charge is 0.309 e. The van der Waals surface area contributed by atoms with Crippen LogP contribution in [0, 0.1) is 11.7 Å². The quantitative estimate of drug-likeness (QED) is 0.779. The highest BCUT2D eigenvalue weighted by Crippen LogP contribution is 2.35. The predicted octanol–water partition coefficient (Wildman–Crippen LogP) is 1.81. The lowest BCUT2D eigenvalue weighted by Gasteiger charge is -2.07. The molecule has 1 aliphatic rings. The van der Waals surface area contributed by atoms with E-state index in [1.807, 2.05) is 0 Å². The van der Waals surface area contributed by atoms with E-state index in [1.54, 1.807) is 6.92 Å². The molecule has 0 bridgehead atoms. The molecule has 1 aromatic carbocycles. The highest BCUT2D eigenvalue weighted by atomic mass is 19.1. The molecule has 1 aromatic rings. The van der Waals surface area contributed by atoms with Crippen molar-refractivity contribution in [2.75, 3.05) is 6.61 Å². The largest absolute Gasteiger partial charge is 0.508 e. The molecule has 3 nitrogen and oxygen atoms in total. The number of ether oxygens (including phenoxy) is 1. The number of esters is 1. The van der Waals surface area contributed by atoms with Gasteiger partial charge < -0.3 is 9.84 Å². The number of fused-ring (bicyclic) bond motifs is 1. The molecule has 0 amide bonds. The number of aromatic hydroxyl groups is 1. The molecule has 16 heavy (non-hydrogen) atoms. The maximum absolute atomic E-state index is 13.4. The highest BCUT2D eigenvalue weighted by molar-refractivity contribution is 5.75. The molecule has 86 valence electrons. The third-order valence-electron chi connectivity index (χ3n) is 2.87. The highest BCUT2D eigenvalue weighted by Gasteiger charge is 2.32. The zero-order valence-electron chi connectivity index (χ0n) is 9.00. The summed E-state index contributed by atoms with van der Waals surface area (Å²) in [5, 5.41) is 9.57. The van der Waals surface area contributed by atoms with Gasteiger partial charge in [-0.1, -0.05) is 0 Å². The van der Waals surface area contributed by atoms with Gasteiger partial charge in [0.15, 0.2) is 0 Å². The van der Waals surface area contributed by atoms with E-state index < -0.39 is 0 Å². The Hall–Kier alpha value is -1.58. The minimum atomic E-state index is -0.363. The van der Waals surface area contributed by atoms with Gasteiger partial charge in [0.1, 0.15) is 11.6 Å². The van der Waals surface area contributed by atoms with Crippen LogP contribution in [-0.2, 0) is 22.4 Å². The number of hydrogen-bond acceptors (Lipinski definition) is 3. The van der Waals surface area contributed by atoms with E-state index in [0.29, 0.717) is 30.6 Å². The van der Waals surface area contributed by atoms with Crippen LogP contribution in [-0.4, -0.2) is 17.7 Å². The summed E-state index contributed by atoms with van der Waals surface area (Å²) in [6.45, 7) is 2.05. The lowest BCUT2D eigenvalue weighted by molar-refractivity contribution is -0.147. The normalized spacial score (nSPS) is 18.2. The first-order valence-corrected chi connectivity index (χ1v) is 5.29. The summed E-state index contributed by atoms with van der Waals surface area (Å²) in [5.41, 5.74) is 0.983. The molecule has 1 aliphatic carbocycles. The van der Waals surface area contributed by atoms with Crippen molar-refractivity contribution >= 4 is 5.97 Å². The summed E-state index contributed by atoms with van der Waals surface area (Å²) in [7, 11) is 0. The van der Waals surface area contributed by atoms with E-state index >= 15 is 0 Å². The van der Waals surface area contributed by atoms with Crippen LogP contribution in [0.5, 0.6) is 5.75 Å². The number of carbonyl (C=O) groups is 1. The summed E-state index contributed by atoms with van der Waals surface area (Å²) < 4.78 is 18.3. The van der Waals surface area contributed by atoms with Crippen LogP contribution in [0.15, 0.2) is 12.1 Å². The standard InChI is InChI=1S/C12H13FO3/c1-2-16-12(15)7-5-8-9(6-7)11(14)4-3-10(8)13/h3-4,7,14H,2,5-6H2,1H3. The molecule has 1 N–H and O–H groups in total. The van der Waals surface area contributed by atoms with Gasteiger partial charge in [0, 0.05) is 5.56 Å². The van der Waals surface area contributed by atoms with Gasteiger partial charge in [0.25, 0.3) is 0 Å². The van der Waals surface area contributed by atoms with E-state index in [4.69, 9.17) is 4.74 Å². The van der Waals surface area contributed by atoms with E-state index in [-0.39, 0.29) is 23.5 Å². The van der Waals surface area contributed by atoms with E-state index in [9.17, 15) is 14.3 Å². The summed E-state index contributed by atoms with van der Waals surface area (Å²) in [5.74, 6) is -0.988. The Bertz CT molecular complexity index is 398. The second kappa shape index (κ2) is 4.12. The van der Waals surface area contributed by atoms with E-state index in [1.165, 1.54) is 12.1 Å². The number of benzene rings is 1. The van der Waals surface area contributed by atoms with Crippen LogP contribution in [0.1, 0.15) is 18.1 Å². The van der Waals surface area contributed by atoms with Crippen LogP contribution in [0.4, 0.5) is 4.39 Å². The minimum absolute atomic E-state index is 0.0585. The molecule has 4 heteroatoms. The van der Waals surface area contributed by atoms with Crippen LogP contribution in [0.25, 0.3) is 0 Å². The van der Waals surface area contributed by atoms with Crippen molar-refractivity contribution in [3.63, 3.8) is 0 Å². The Kier molecular flexibility index (Phi) is 2.81. The zero-order chi connectivity index (χ0) is 11.7. The number of rotatable bonds is 2. The number of carbonyl (C=O) groups excluding carboxylic acids is 1. The Morgan fingerprint density at radius 2 is 2.19 bits per heavy atom. The first kappa shape index (κ1) is 10.9. The van der Waals surface area contributed by atoms with Gasteiger partial charge in [-0.05, 0) is 37.5 Å². The van der Waals surface area contributed by atoms with Crippen molar-refractivity contribution in [3.8, 4) is 5.75 Å². The molecule has 0 spiro atoms. The summed E-state index contributed by atoms with van der Waals surface area (Å²) in [6, 6.07) is 2.55. The average molecular weight is 224 g/mol. The Morgan fingerprint density at radius 1 is 1.50 bits per heavy atom. The molecule has 0 radical (unpaired) electrons. The van der Waals surface area contributed by atoms with Gasteiger partial charge in [0.05, 0.1) is 12.5 Å². The maximum Gasteiger partial charge on any atom is 0.309 e. The van der Waals surface area contributed by atoms with Crippen molar-refractivity contribution in [2.24, 2.45) is 5.92 Å². The Morgan fingerprint density at radius 3 is 2.81 bits per heavy atom. The molecule has 0 saturated carbocycles. The number of halogens is 1. The third-order valence-corrected chi connectivity index (χ3v) is 2.87. The monoisotopic (exact) mass is 224 g/mol. The Balaban J connectivity index is 2.24. The third kappa shape index (κ3) is 1.75. The zero-order valence-corrected chi connectivity index (χ0v) is 9.00. The first-order chi connectivity index (χ1) is 7.63. The number of phenols is 1. The molecule has 0 aromatic heterocycles. The summed E-state index contributed by atoms with van der Waals surface area (Å²) in [4.78, 5) is 11.5. The molecule has 1 atom stereocenters. The van der Waals surface area contributed by atoms with Gasteiger partial charge in [0.2, 0.25) is 0 Å². The predicted molar refractivity (Wildman–Crippen MR) is 55.6 cm³/mol. The van der Waals surface area contributed by atoms with Gasteiger partial charge in [-0.25, -0.2) is 4.39 Å². The Labute approximate surface area is 92.9 Å². The molecule has 0 fully saturated rings. The molecule has 1 unspecified atom stereocenters. The second-order valence-electron chi connectivity index (χ2n) is 3.88. The van der Waals surface area contributed by atoms with Crippen molar-refractivity contribution < 1.29 is 19.0 Å². The van der Waals surface area contributed by atoms with Crippen LogP contribution in [0.2, 0.25) is 0 Å². The molecule has 0 heterocycles. The number of hydrogen-bond donors (Lipinski definition) is 1. The maximum atomic E-state index is 13.4. The SMILES string of the molecule is CCOC(=O)C1Cc2c(O)ccc(F)c2C1. The lowest BCUT2D eigenvalue weighted by Crippen LogP contribution is -2.17. The van der Waals surface area contributed by atoms with Gasteiger partial charge in [-0.2, -0.15) is 0 Å². The molecule has 0 aliphatic heterocycles. The van der Waals surface area contributed by atoms with Crippen LogP contribution in [0.3, 0.4) is 0 Å². The van der Waals surface area contributed by atoms with Gasteiger partial charge >= 0.3 is 5.97 Å². The van der Waals surface area contributed by atoms with Crippen molar-refractivity contribution in [2.45, 2.75) is 19.8 Å². The van der Waals surface area contributed by atoms with E-state index in [2.05, 4.69) is 0 Å². The van der Waals surface area contributed by atoms with E-state index in [0.717, 1.165) is 0 Å². The molecular weight excluding hydrogens is 211 g/mol. The average Bonchev–Trinajstić information content (AvgIpc) is 2.70. The summed E-state index contributed by atoms with van der Waals surface area (Å²) >= 11 is 0. The van der Waals surface area contributed by atoms with Crippen molar-refractivity contribution in [1.29, 1.82) is 0 Å². The topological polar surface area (TPSA) is 46.5 Å². The molecule has 2 rings (SSSR count). The fraction of sp³-hybridized carbons (Fsp3) is 0.417. The number of phenolic OH excluding ortho intramolecular Hbond substituents is 1. The lowest BCUT2D eigenvalue weighted by atomic mass is 10.1. The summed E-state index contributed by atoms with van der Waals surface area (Å²) in [6.07, 6.45) is 0.673. The van der Waals surface area contributed by atoms with Gasteiger partial charge in [-0.3, -0.25) is 4.79 Å². The molecule has 0 saturated heterocycles. The van der Waals surface area contributed by atoms with Crippen LogP contribution < -0.4 is 0 Å². The second-order valence-corrected chi connectivity index (χ2v) is 3.88. The van der Waals surface area contributed by atoms with Crippen molar-refractivity contribution in [3.05, 3.63) is 29.1 Å².